The molecular weight excluding hydrogens is 516 g/mol. The summed E-state index contributed by atoms with van der Waals surface area (Å²) in [6.45, 7) is 10.4. The first kappa shape index (κ1) is 28.8. The third-order valence-corrected chi connectivity index (χ3v) is 7.88. The van der Waals surface area contributed by atoms with Crippen molar-refractivity contribution in [2.24, 2.45) is 5.73 Å². The Morgan fingerprint density at radius 2 is 1.61 bits per heavy atom. The summed E-state index contributed by atoms with van der Waals surface area (Å²) in [7, 11) is 2.20. The second-order valence-electron chi connectivity index (χ2n) is 11.7. The Balaban J connectivity index is 1.31. The first-order valence-electron chi connectivity index (χ1n) is 14.4. The van der Waals surface area contributed by atoms with Gasteiger partial charge in [-0.15, -0.1) is 0 Å². The molecule has 1 amide bonds. The van der Waals surface area contributed by atoms with Crippen LogP contribution in [0.2, 0.25) is 0 Å². The molecule has 2 saturated heterocycles. The number of primary amides is 1. The Morgan fingerprint density at radius 1 is 0.951 bits per heavy atom. The number of anilines is 4. The molecule has 2 aliphatic heterocycles. The van der Waals surface area contributed by atoms with Crippen molar-refractivity contribution >= 4 is 28.9 Å². The molecule has 2 aliphatic rings. The van der Waals surface area contributed by atoms with Gasteiger partial charge in [0.1, 0.15) is 5.69 Å². The molecule has 0 spiro atoms. The fraction of sp³-hybridized carbons (Fsp3) is 0.452. The van der Waals surface area contributed by atoms with E-state index in [1.165, 1.54) is 31.6 Å². The predicted octanol–water partition coefficient (Wildman–Crippen LogP) is 3.39. The zero-order valence-corrected chi connectivity index (χ0v) is 24.3. The summed E-state index contributed by atoms with van der Waals surface area (Å²) in [4.78, 5) is 29.3. The summed E-state index contributed by atoms with van der Waals surface area (Å²) in [5.74, 6) is 0.0351. The Bertz CT molecular complexity index is 1310. The number of piperidine rings is 1. The van der Waals surface area contributed by atoms with Crippen LogP contribution >= 0.6 is 0 Å². The molecule has 0 radical (unpaired) electrons. The highest BCUT2D eigenvalue weighted by atomic mass is 16.3. The highest BCUT2D eigenvalue weighted by Gasteiger charge is 2.27. The van der Waals surface area contributed by atoms with Crippen molar-refractivity contribution in [2.45, 2.75) is 38.3 Å². The summed E-state index contributed by atoms with van der Waals surface area (Å²) in [6, 6.07) is 18.3. The lowest BCUT2D eigenvalue weighted by Gasteiger charge is -2.42. The molecule has 0 unspecified atom stereocenters. The third-order valence-electron chi connectivity index (χ3n) is 7.88. The lowest BCUT2D eigenvalue weighted by atomic mass is 10.0. The van der Waals surface area contributed by atoms with Gasteiger partial charge >= 0.3 is 0 Å². The van der Waals surface area contributed by atoms with Gasteiger partial charge in [-0.3, -0.25) is 9.69 Å². The number of carbonyl (C=O) groups is 1. The number of rotatable bonds is 9. The topological polar surface area (TPSA) is 123 Å². The van der Waals surface area contributed by atoms with Crippen molar-refractivity contribution in [3.05, 3.63) is 60.3 Å². The first-order chi connectivity index (χ1) is 19.7. The minimum Gasteiger partial charge on any atom is -0.389 e. The molecule has 0 aliphatic carbocycles. The summed E-state index contributed by atoms with van der Waals surface area (Å²) >= 11 is 0. The first-order valence-corrected chi connectivity index (χ1v) is 14.4. The standard InChI is InChI=1S/C31H42N8O2/c1-31(2,41)21-33-29-26(22-7-5-4-6-8-22)35-27(28(32)40)30(36-29)34-23-9-11-24(12-10-23)38-15-13-25(14-16-38)39-19-17-37(3)18-20-39/h4-12,25,41H,13-21H2,1-3H3,(H2,32,40)(H2,33,34,36). The quantitative estimate of drug-likeness (QED) is 0.313. The monoisotopic (exact) mass is 558 g/mol. The smallest absolute Gasteiger partial charge is 0.271 e. The molecule has 0 saturated carbocycles. The van der Waals surface area contributed by atoms with Crippen molar-refractivity contribution in [3.63, 3.8) is 0 Å². The maximum Gasteiger partial charge on any atom is 0.271 e. The molecule has 218 valence electrons. The number of nitrogens with one attached hydrogen (secondary N) is 2. The number of benzene rings is 2. The molecule has 3 aromatic rings. The lowest BCUT2D eigenvalue weighted by Crippen LogP contribution is -2.52. The second-order valence-corrected chi connectivity index (χ2v) is 11.7. The van der Waals surface area contributed by atoms with Gasteiger partial charge in [-0.2, -0.15) is 0 Å². The minimum atomic E-state index is -0.972. The fourth-order valence-electron chi connectivity index (χ4n) is 5.48. The Hall–Kier alpha value is -3.73. The van der Waals surface area contributed by atoms with Crippen LogP contribution in [0.3, 0.4) is 0 Å². The normalized spacial score (nSPS) is 17.4. The number of carbonyl (C=O) groups excluding carboxylic acids is 1. The van der Waals surface area contributed by atoms with Crippen LogP contribution in [0.4, 0.5) is 23.0 Å². The van der Waals surface area contributed by atoms with Gasteiger partial charge in [0.2, 0.25) is 0 Å². The number of likely N-dealkylation sites (N-methyl/N-ethyl adjacent to an activating group) is 1. The molecule has 10 heteroatoms. The SMILES string of the molecule is CN1CCN(C2CCN(c3ccc(Nc4nc(NCC(C)(C)O)c(-c5ccccc5)nc4C(N)=O)cc3)CC2)CC1. The summed E-state index contributed by atoms with van der Waals surface area (Å²) < 4.78 is 0. The molecule has 5 rings (SSSR count). The van der Waals surface area contributed by atoms with Crippen LogP contribution in [0.1, 0.15) is 37.2 Å². The van der Waals surface area contributed by atoms with Crippen LogP contribution in [0, 0.1) is 0 Å². The minimum absolute atomic E-state index is 0.0488. The maximum absolute atomic E-state index is 12.4. The van der Waals surface area contributed by atoms with Crippen LogP contribution in [0.15, 0.2) is 54.6 Å². The predicted molar refractivity (Wildman–Crippen MR) is 165 cm³/mol. The van der Waals surface area contributed by atoms with Gasteiger partial charge in [-0.25, -0.2) is 9.97 Å². The van der Waals surface area contributed by atoms with E-state index in [4.69, 9.17) is 10.7 Å². The molecule has 10 nitrogen and oxygen atoms in total. The lowest BCUT2D eigenvalue weighted by molar-refractivity contribution is 0.0942. The van der Waals surface area contributed by atoms with Gasteiger partial charge < -0.3 is 31.3 Å². The number of aliphatic hydroxyl groups is 1. The van der Waals surface area contributed by atoms with Crippen LogP contribution in [-0.4, -0.2) is 95.3 Å². The largest absolute Gasteiger partial charge is 0.389 e. The van der Waals surface area contributed by atoms with E-state index >= 15 is 0 Å². The average Bonchev–Trinajstić information content (AvgIpc) is 2.97. The molecule has 0 bridgehead atoms. The zero-order valence-electron chi connectivity index (χ0n) is 24.3. The molecule has 2 fully saturated rings. The molecule has 2 aromatic carbocycles. The maximum atomic E-state index is 12.4. The number of hydrogen-bond donors (Lipinski definition) is 4. The fourth-order valence-corrected chi connectivity index (χ4v) is 5.48. The summed E-state index contributed by atoms with van der Waals surface area (Å²) in [5, 5.41) is 16.7. The highest BCUT2D eigenvalue weighted by Crippen LogP contribution is 2.30. The Morgan fingerprint density at radius 3 is 2.22 bits per heavy atom. The Kier molecular flexibility index (Phi) is 8.72. The van der Waals surface area contributed by atoms with Crippen molar-refractivity contribution in [1.82, 2.24) is 19.8 Å². The number of nitrogens with zero attached hydrogens (tertiary/aromatic N) is 5. The van der Waals surface area contributed by atoms with E-state index in [-0.39, 0.29) is 18.1 Å². The van der Waals surface area contributed by atoms with E-state index < -0.39 is 11.5 Å². The van der Waals surface area contributed by atoms with E-state index in [9.17, 15) is 9.90 Å². The third kappa shape index (κ3) is 7.32. The molecule has 5 N–H and O–H groups in total. The van der Waals surface area contributed by atoms with Crippen LogP contribution in [0.25, 0.3) is 11.3 Å². The molecule has 41 heavy (non-hydrogen) atoms. The number of amides is 1. The number of piperazine rings is 1. The van der Waals surface area contributed by atoms with Crippen molar-refractivity contribution in [3.8, 4) is 11.3 Å². The number of aromatic nitrogens is 2. The van der Waals surface area contributed by atoms with Crippen molar-refractivity contribution < 1.29 is 9.90 Å². The zero-order chi connectivity index (χ0) is 29.0. The second kappa shape index (κ2) is 12.4. The molecule has 3 heterocycles. The number of nitrogens with two attached hydrogens (primary N) is 1. The molecular formula is C31H42N8O2. The highest BCUT2D eigenvalue weighted by molar-refractivity contribution is 5.97. The van der Waals surface area contributed by atoms with E-state index in [1.54, 1.807) is 13.8 Å². The van der Waals surface area contributed by atoms with Crippen LogP contribution in [0.5, 0.6) is 0 Å². The van der Waals surface area contributed by atoms with Crippen LogP contribution < -0.4 is 21.3 Å². The molecule has 1 aromatic heterocycles. The van der Waals surface area contributed by atoms with E-state index in [0.29, 0.717) is 17.6 Å². The van der Waals surface area contributed by atoms with Crippen molar-refractivity contribution in [2.75, 3.05) is 68.4 Å². The van der Waals surface area contributed by atoms with Gasteiger partial charge in [0.05, 0.1) is 5.60 Å². The van der Waals surface area contributed by atoms with Gasteiger partial charge in [-0.05, 0) is 58.0 Å². The van der Waals surface area contributed by atoms with Gasteiger partial charge in [0.15, 0.2) is 17.3 Å². The average molecular weight is 559 g/mol. The van der Waals surface area contributed by atoms with E-state index in [1.807, 2.05) is 42.5 Å². The Labute approximate surface area is 242 Å². The van der Waals surface area contributed by atoms with Crippen LogP contribution in [-0.2, 0) is 0 Å². The number of hydrogen-bond acceptors (Lipinski definition) is 9. The summed E-state index contributed by atoms with van der Waals surface area (Å²) in [6.07, 6.45) is 2.35. The van der Waals surface area contributed by atoms with Gasteiger partial charge in [0.25, 0.3) is 5.91 Å². The van der Waals surface area contributed by atoms with Gasteiger partial charge in [-0.1, -0.05) is 30.3 Å². The molecule has 0 atom stereocenters. The van der Waals surface area contributed by atoms with Gasteiger partial charge in [0, 0.05) is 68.8 Å². The van der Waals surface area contributed by atoms with E-state index in [2.05, 4.69) is 49.5 Å². The van der Waals surface area contributed by atoms with E-state index in [0.717, 1.165) is 37.4 Å². The summed E-state index contributed by atoms with van der Waals surface area (Å²) in [5.41, 5.74) is 8.06. The van der Waals surface area contributed by atoms with Crippen molar-refractivity contribution in [1.29, 1.82) is 0 Å².